The van der Waals surface area contributed by atoms with Crippen LogP contribution < -0.4 is 16.0 Å². The summed E-state index contributed by atoms with van der Waals surface area (Å²) in [5, 5.41) is 8.18. The van der Waals surface area contributed by atoms with Gasteiger partial charge in [-0.05, 0) is 43.0 Å². The second-order valence-corrected chi connectivity index (χ2v) is 10.4. The molecule has 1 fully saturated rings. The van der Waals surface area contributed by atoms with Crippen LogP contribution in [-0.2, 0) is 19.6 Å². The number of rotatable bonds is 7. The van der Waals surface area contributed by atoms with Crippen LogP contribution in [0, 0.1) is 5.92 Å². The van der Waals surface area contributed by atoms with Crippen molar-refractivity contribution in [1.29, 1.82) is 0 Å². The monoisotopic (exact) mass is 467 g/mol. The number of carbonyl (C=O) groups is 3. The molecular weight excluding hydrogens is 434 g/mol. The van der Waals surface area contributed by atoms with Gasteiger partial charge in [0.25, 0.3) is 0 Å². The predicted octanol–water partition coefficient (Wildman–Crippen LogP) is 1.21. The van der Waals surface area contributed by atoms with Crippen molar-refractivity contribution in [3.63, 3.8) is 0 Å². The van der Waals surface area contributed by atoms with Crippen molar-refractivity contribution in [2.75, 3.05) is 32.5 Å². The van der Waals surface area contributed by atoms with Gasteiger partial charge in [-0.2, -0.15) is 4.31 Å². The number of hydrogen-bond donors (Lipinski definition) is 3. The lowest BCUT2D eigenvalue weighted by molar-refractivity contribution is -0.131. The first-order chi connectivity index (χ1) is 14.9. The summed E-state index contributed by atoms with van der Waals surface area (Å²) in [6.07, 6.45) is 0.926. The highest BCUT2D eigenvalue weighted by Gasteiger charge is 2.31. The lowest BCUT2D eigenvalue weighted by Crippen LogP contribution is -2.55. The lowest BCUT2D eigenvalue weighted by Gasteiger charge is -2.32. The van der Waals surface area contributed by atoms with Crippen molar-refractivity contribution < 1.29 is 22.8 Å². The quantitative estimate of drug-likeness (QED) is 0.555. The third-order valence-corrected chi connectivity index (χ3v) is 7.17. The molecule has 0 radical (unpaired) electrons. The molecule has 1 atom stereocenters. The van der Waals surface area contributed by atoms with Crippen molar-refractivity contribution in [3.05, 3.63) is 24.3 Å². The highest BCUT2D eigenvalue weighted by molar-refractivity contribution is 7.89. The van der Waals surface area contributed by atoms with Gasteiger partial charge < -0.3 is 20.9 Å². The second kappa shape index (κ2) is 10.8. The van der Waals surface area contributed by atoms with E-state index in [4.69, 9.17) is 0 Å². The van der Waals surface area contributed by atoms with Gasteiger partial charge >= 0.3 is 6.03 Å². The Morgan fingerprint density at radius 3 is 2.09 bits per heavy atom. The highest BCUT2D eigenvalue weighted by atomic mass is 32.2. The topological polar surface area (TPSA) is 128 Å². The van der Waals surface area contributed by atoms with Crippen LogP contribution in [0.2, 0.25) is 0 Å². The molecule has 1 aromatic carbocycles. The Bertz CT molecular complexity index is 922. The number of likely N-dealkylation sites (N-methyl/N-ethyl adjacent to an activating group) is 1. The second-order valence-electron chi connectivity index (χ2n) is 8.46. The van der Waals surface area contributed by atoms with Crippen molar-refractivity contribution in [3.8, 4) is 0 Å². The number of nitrogens with zero attached hydrogens (tertiary/aromatic N) is 2. The Morgan fingerprint density at radius 1 is 1.06 bits per heavy atom. The summed E-state index contributed by atoms with van der Waals surface area (Å²) in [5.74, 6) is -0.481. The summed E-state index contributed by atoms with van der Waals surface area (Å²) in [4.78, 5) is 37.4. The van der Waals surface area contributed by atoms with E-state index in [9.17, 15) is 22.8 Å². The number of urea groups is 1. The maximum Gasteiger partial charge on any atom is 0.315 e. The van der Waals surface area contributed by atoms with Crippen LogP contribution in [0.5, 0.6) is 0 Å². The van der Waals surface area contributed by atoms with Gasteiger partial charge in [0.05, 0.1) is 4.90 Å². The molecule has 0 aliphatic carbocycles. The zero-order chi connectivity index (χ0) is 24.1. The molecule has 0 unspecified atom stereocenters. The molecule has 1 saturated heterocycles. The molecule has 0 aromatic heterocycles. The van der Waals surface area contributed by atoms with E-state index in [1.807, 2.05) is 13.8 Å². The normalized spacial score (nSPS) is 16.3. The molecule has 1 aromatic rings. The number of sulfonamides is 1. The first-order valence-electron chi connectivity index (χ1n) is 10.6. The van der Waals surface area contributed by atoms with Crippen molar-refractivity contribution >= 4 is 33.6 Å². The standard InChI is InChI=1S/C21H33N5O5S/c1-14(2)19(20(28)25(4)5)24-21(29)23-17-10-12-26(13-11-17)32(30,31)18-8-6-16(7-9-18)22-15(3)27/h6-9,14,17,19H,10-13H2,1-5H3,(H,22,27)(H2,23,24,29)/t19-/m1/s1. The third kappa shape index (κ3) is 6.67. The van der Waals surface area contributed by atoms with Gasteiger partial charge in [-0.15, -0.1) is 0 Å². The maximum atomic E-state index is 12.9. The summed E-state index contributed by atoms with van der Waals surface area (Å²) in [6.45, 7) is 5.64. The van der Waals surface area contributed by atoms with Crippen LogP contribution in [0.25, 0.3) is 0 Å². The molecule has 0 spiro atoms. The van der Waals surface area contributed by atoms with Gasteiger partial charge in [0.2, 0.25) is 21.8 Å². The molecule has 178 valence electrons. The Balaban J connectivity index is 1.92. The predicted molar refractivity (Wildman–Crippen MR) is 122 cm³/mol. The third-order valence-electron chi connectivity index (χ3n) is 5.26. The fraction of sp³-hybridized carbons (Fsp3) is 0.571. The molecule has 1 heterocycles. The van der Waals surface area contributed by atoms with Crippen LogP contribution >= 0.6 is 0 Å². The van der Waals surface area contributed by atoms with E-state index in [0.29, 0.717) is 18.5 Å². The van der Waals surface area contributed by atoms with E-state index in [1.54, 1.807) is 26.2 Å². The number of benzene rings is 1. The zero-order valence-electron chi connectivity index (χ0n) is 19.2. The van der Waals surface area contributed by atoms with Crippen LogP contribution in [-0.4, -0.2) is 74.7 Å². The largest absolute Gasteiger partial charge is 0.347 e. The molecule has 32 heavy (non-hydrogen) atoms. The van der Waals surface area contributed by atoms with Gasteiger partial charge in [0.1, 0.15) is 6.04 Å². The zero-order valence-corrected chi connectivity index (χ0v) is 20.0. The Hall–Kier alpha value is -2.66. The summed E-state index contributed by atoms with van der Waals surface area (Å²) < 4.78 is 27.2. The summed E-state index contributed by atoms with van der Waals surface area (Å²) in [6, 6.07) is 4.77. The average Bonchev–Trinajstić information content (AvgIpc) is 2.71. The van der Waals surface area contributed by atoms with Crippen molar-refractivity contribution in [2.45, 2.75) is 50.6 Å². The van der Waals surface area contributed by atoms with Crippen LogP contribution in [0.4, 0.5) is 10.5 Å². The molecule has 0 bridgehead atoms. The van der Waals surface area contributed by atoms with Crippen LogP contribution in [0.15, 0.2) is 29.2 Å². The van der Waals surface area contributed by atoms with Gasteiger partial charge in [-0.3, -0.25) is 9.59 Å². The van der Waals surface area contributed by atoms with E-state index in [2.05, 4.69) is 16.0 Å². The Morgan fingerprint density at radius 2 is 1.62 bits per heavy atom. The summed E-state index contributed by atoms with van der Waals surface area (Å²) >= 11 is 0. The fourth-order valence-electron chi connectivity index (χ4n) is 3.46. The van der Waals surface area contributed by atoms with E-state index >= 15 is 0 Å². The minimum absolute atomic E-state index is 0.0697. The smallest absolute Gasteiger partial charge is 0.315 e. The van der Waals surface area contributed by atoms with Gasteiger partial charge in [-0.1, -0.05) is 13.8 Å². The minimum atomic E-state index is -3.67. The lowest BCUT2D eigenvalue weighted by atomic mass is 10.0. The maximum absolute atomic E-state index is 12.9. The highest BCUT2D eigenvalue weighted by Crippen LogP contribution is 2.22. The fourth-order valence-corrected chi connectivity index (χ4v) is 4.93. The minimum Gasteiger partial charge on any atom is -0.347 e. The summed E-state index contributed by atoms with van der Waals surface area (Å²) in [7, 11) is -0.389. The molecule has 11 heteroatoms. The number of carbonyl (C=O) groups excluding carboxylic acids is 3. The molecule has 1 aliphatic heterocycles. The van der Waals surface area contributed by atoms with Crippen LogP contribution in [0.3, 0.4) is 0 Å². The van der Waals surface area contributed by atoms with E-state index in [1.165, 1.54) is 28.3 Å². The first kappa shape index (κ1) is 25.6. The van der Waals surface area contributed by atoms with Gasteiger partial charge in [0, 0.05) is 45.8 Å². The molecule has 3 N–H and O–H groups in total. The summed E-state index contributed by atoms with van der Waals surface area (Å²) in [5.41, 5.74) is 0.526. The number of anilines is 1. The number of hydrogen-bond acceptors (Lipinski definition) is 5. The van der Waals surface area contributed by atoms with Crippen LogP contribution in [0.1, 0.15) is 33.6 Å². The van der Waals surface area contributed by atoms with Crippen molar-refractivity contribution in [2.24, 2.45) is 5.92 Å². The number of piperidine rings is 1. The molecule has 4 amide bonds. The van der Waals surface area contributed by atoms with Gasteiger partial charge in [-0.25, -0.2) is 13.2 Å². The molecular formula is C21H33N5O5S. The SMILES string of the molecule is CC(=O)Nc1ccc(S(=O)(=O)N2CCC(NC(=O)N[C@@H](C(=O)N(C)C)C(C)C)CC2)cc1. The first-order valence-corrected chi connectivity index (χ1v) is 12.0. The molecule has 0 saturated carbocycles. The molecule has 1 aliphatic rings. The number of amides is 4. The molecule has 2 rings (SSSR count). The van der Waals surface area contributed by atoms with Gasteiger partial charge in [0.15, 0.2) is 0 Å². The number of nitrogens with one attached hydrogen (secondary N) is 3. The van der Waals surface area contributed by atoms with E-state index < -0.39 is 22.1 Å². The average molecular weight is 468 g/mol. The Labute approximate surface area is 189 Å². The van der Waals surface area contributed by atoms with E-state index in [-0.39, 0.29) is 41.8 Å². The Kier molecular flexibility index (Phi) is 8.62. The van der Waals surface area contributed by atoms with Crippen molar-refractivity contribution in [1.82, 2.24) is 19.8 Å². The molecule has 10 nitrogen and oxygen atoms in total. The van der Waals surface area contributed by atoms with E-state index in [0.717, 1.165) is 0 Å².